The third kappa shape index (κ3) is 9.05. The van der Waals surface area contributed by atoms with Gasteiger partial charge < -0.3 is 20.8 Å². The quantitative estimate of drug-likeness (QED) is 0.152. The van der Waals surface area contributed by atoms with E-state index in [0.29, 0.717) is 0 Å². The van der Waals surface area contributed by atoms with E-state index < -0.39 is 12.1 Å². The number of rotatable bonds is 19. The normalized spacial score (nSPS) is 20.9. The highest BCUT2D eigenvalue weighted by atomic mass is 16.3. The second kappa shape index (κ2) is 15.9. The molecule has 2 unspecified atom stereocenters. The first kappa shape index (κ1) is 28.4. The van der Waals surface area contributed by atoms with Crippen LogP contribution in [0.15, 0.2) is 0 Å². The van der Waals surface area contributed by atoms with Crippen LogP contribution in [0, 0.1) is 0 Å². The van der Waals surface area contributed by atoms with Gasteiger partial charge in [0.2, 0.25) is 23.6 Å². The van der Waals surface area contributed by atoms with Crippen molar-refractivity contribution in [3.63, 3.8) is 0 Å². The van der Waals surface area contributed by atoms with Crippen LogP contribution in [0.5, 0.6) is 0 Å². The van der Waals surface area contributed by atoms with Gasteiger partial charge >= 0.3 is 0 Å². The summed E-state index contributed by atoms with van der Waals surface area (Å²) in [4.78, 5) is 49.9. The van der Waals surface area contributed by atoms with Crippen LogP contribution in [-0.2, 0) is 19.2 Å². The largest absolute Gasteiger partial charge is 0.395 e. The Kier molecular flexibility index (Phi) is 13.3. The minimum atomic E-state index is -0.434. The molecule has 0 aliphatic carbocycles. The zero-order valence-electron chi connectivity index (χ0n) is 20.3. The van der Waals surface area contributed by atoms with E-state index in [9.17, 15) is 19.2 Å². The number of nitrogens with zero attached hydrogens (tertiary/aromatic N) is 2. The van der Waals surface area contributed by atoms with Crippen LogP contribution in [-0.4, -0.2) is 95.1 Å². The van der Waals surface area contributed by atoms with Gasteiger partial charge in [-0.1, -0.05) is 51.4 Å². The SMILES string of the molecule is O=C1CC(NCCCCCCCCCCCCNC2CC(=O)N(CCO)C2=O)C(=O)N1CCO. The van der Waals surface area contributed by atoms with E-state index in [-0.39, 0.29) is 62.8 Å². The number of likely N-dealkylation sites (tertiary alicyclic amines) is 2. The van der Waals surface area contributed by atoms with Gasteiger partial charge in [-0.3, -0.25) is 29.0 Å². The lowest BCUT2D eigenvalue weighted by Crippen LogP contribution is -2.40. The lowest BCUT2D eigenvalue weighted by molar-refractivity contribution is -0.140. The molecule has 2 heterocycles. The fourth-order valence-corrected chi connectivity index (χ4v) is 4.57. The number of imide groups is 2. The summed E-state index contributed by atoms with van der Waals surface area (Å²) >= 11 is 0. The Labute approximate surface area is 202 Å². The summed E-state index contributed by atoms with van der Waals surface area (Å²) in [6, 6.07) is -0.868. The number of unbranched alkanes of at least 4 members (excludes halogenated alkanes) is 9. The molecule has 0 spiro atoms. The Balaban J connectivity index is 1.35. The van der Waals surface area contributed by atoms with E-state index in [1.807, 2.05) is 0 Å². The molecule has 0 aromatic rings. The number of nitrogens with one attached hydrogen (secondary N) is 2. The van der Waals surface area contributed by atoms with Gasteiger partial charge in [0.15, 0.2) is 0 Å². The molecule has 34 heavy (non-hydrogen) atoms. The lowest BCUT2D eigenvalue weighted by Gasteiger charge is -2.14. The number of carbonyl (C=O) groups is 4. The van der Waals surface area contributed by atoms with E-state index in [1.54, 1.807) is 0 Å². The Hall–Kier alpha value is -1.88. The van der Waals surface area contributed by atoms with Gasteiger partial charge in [0.05, 0.1) is 51.2 Å². The summed E-state index contributed by atoms with van der Waals surface area (Å²) in [5, 5.41) is 24.2. The molecule has 4 N–H and O–H groups in total. The molecule has 2 rings (SSSR count). The van der Waals surface area contributed by atoms with Gasteiger partial charge in [-0.2, -0.15) is 0 Å². The Morgan fingerprint density at radius 3 is 1.24 bits per heavy atom. The van der Waals surface area contributed by atoms with E-state index >= 15 is 0 Å². The van der Waals surface area contributed by atoms with E-state index in [2.05, 4.69) is 10.6 Å². The number of hydrogen-bond donors (Lipinski definition) is 4. The maximum absolute atomic E-state index is 12.1. The zero-order valence-corrected chi connectivity index (χ0v) is 20.3. The summed E-state index contributed by atoms with van der Waals surface area (Å²) in [5.41, 5.74) is 0. The molecule has 2 atom stereocenters. The molecule has 194 valence electrons. The molecule has 0 aromatic heterocycles. The molecule has 2 saturated heterocycles. The molecule has 4 amide bonds. The molecule has 0 saturated carbocycles. The van der Waals surface area contributed by atoms with Crippen molar-refractivity contribution in [1.29, 1.82) is 0 Å². The van der Waals surface area contributed by atoms with Gasteiger partial charge in [0, 0.05) is 0 Å². The molecule has 2 aliphatic heterocycles. The van der Waals surface area contributed by atoms with E-state index in [1.165, 1.54) is 38.5 Å². The standard InChI is InChI=1S/C24H42N4O6/c29-15-13-27-21(31)17-19(23(27)33)25-11-9-7-5-3-1-2-4-6-8-10-12-26-20-18-22(32)28(14-16-30)24(20)34/h19-20,25-26,29-30H,1-18H2. The van der Waals surface area contributed by atoms with Crippen LogP contribution < -0.4 is 10.6 Å². The predicted molar refractivity (Wildman–Crippen MR) is 127 cm³/mol. The highest BCUT2D eigenvalue weighted by Gasteiger charge is 2.38. The maximum atomic E-state index is 12.1. The summed E-state index contributed by atoms with van der Waals surface area (Å²) in [6.07, 6.45) is 11.7. The van der Waals surface area contributed by atoms with Crippen molar-refractivity contribution in [3.05, 3.63) is 0 Å². The topological polar surface area (TPSA) is 139 Å². The molecular formula is C24H42N4O6. The highest BCUT2D eigenvalue weighted by Crippen LogP contribution is 2.15. The smallest absolute Gasteiger partial charge is 0.246 e. The van der Waals surface area contributed by atoms with Crippen LogP contribution in [0.4, 0.5) is 0 Å². The molecule has 0 aromatic carbocycles. The minimum Gasteiger partial charge on any atom is -0.395 e. The van der Waals surface area contributed by atoms with Crippen molar-refractivity contribution >= 4 is 23.6 Å². The third-order valence-corrected chi connectivity index (χ3v) is 6.52. The Morgan fingerprint density at radius 1 is 0.588 bits per heavy atom. The molecular weight excluding hydrogens is 440 g/mol. The summed E-state index contributed by atoms with van der Waals surface area (Å²) in [7, 11) is 0. The monoisotopic (exact) mass is 482 g/mol. The van der Waals surface area contributed by atoms with Crippen molar-refractivity contribution in [3.8, 4) is 0 Å². The molecule has 2 fully saturated rings. The molecule has 2 aliphatic rings. The molecule has 0 bridgehead atoms. The molecule has 10 nitrogen and oxygen atoms in total. The van der Waals surface area contributed by atoms with Gasteiger partial charge in [-0.05, 0) is 25.9 Å². The first-order valence-corrected chi connectivity index (χ1v) is 12.9. The van der Waals surface area contributed by atoms with Crippen LogP contribution in [0.25, 0.3) is 0 Å². The van der Waals surface area contributed by atoms with Crippen LogP contribution in [0.3, 0.4) is 0 Å². The van der Waals surface area contributed by atoms with Gasteiger partial charge in [-0.25, -0.2) is 0 Å². The van der Waals surface area contributed by atoms with Crippen molar-refractivity contribution in [2.75, 3.05) is 39.4 Å². The molecule has 10 heteroatoms. The first-order chi connectivity index (χ1) is 16.5. The van der Waals surface area contributed by atoms with Crippen LogP contribution in [0.2, 0.25) is 0 Å². The second-order valence-corrected chi connectivity index (χ2v) is 9.17. The first-order valence-electron chi connectivity index (χ1n) is 12.9. The summed E-state index contributed by atoms with van der Waals surface area (Å²) in [5.74, 6) is -0.860. The lowest BCUT2D eigenvalue weighted by atomic mass is 10.1. The average Bonchev–Trinajstić information content (AvgIpc) is 3.24. The number of carbonyl (C=O) groups excluding carboxylic acids is 4. The Bertz CT molecular complexity index is 618. The van der Waals surface area contributed by atoms with Crippen molar-refractivity contribution in [2.45, 2.75) is 89.1 Å². The van der Waals surface area contributed by atoms with E-state index in [4.69, 9.17) is 10.2 Å². The van der Waals surface area contributed by atoms with Crippen molar-refractivity contribution in [1.82, 2.24) is 20.4 Å². The van der Waals surface area contributed by atoms with Crippen LogP contribution >= 0.6 is 0 Å². The van der Waals surface area contributed by atoms with E-state index in [0.717, 1.165) is 48.6 Å². The maximum Gasteiger partial charge on any atom is 0.246 e. The van der Waals surface area contributed by atoms with Gasteiger partial charge in [0.25, 0.3) is 0 Å². The number of amides is 4. The average molecular weight is 483 g/mol. The zero-order chi connectivity index (χ0) is 24.8. The summed E-state index contributed by atoms with van der Waals surface area (Å²) in [6.45, 7) is 1.23. The predicted octanol–water partition coefficient (Wildman–Crippen LogP) is 0.306. The second-order valence-electron chi connectivity index (χ2n) is 9.17. The minimum absolute atomic E-state index is 0.0847. The number of hydrogen-bond acceptors (Lipinski definition) is 8. The number of β-amino-alcohol motifs (C(OH)–C–C–N with tert-alkyl or cyclic N) is 2. The summed E-state index contributed by atoms with van der Waals surface area (Å²) < 4.78 is 0. The molecule has 0 radical (unpaired) electrons. The van der Waals surface area contributed by atoms with Gasteiger partial charge in [-0.15, -0.1) is 0 Å². The van der Waals surface area contributed by atoms with Gasteiger partial charge in [0.1, 0.15) is 0 Å². The Morgan fingerprint density at radius 2 is 0.912 bits per heavy atom. The fourth-order valence-electron chi connectivity index (χ4n) is 4.57. The number of aliphatic hydroxyl groups excluding tert-OH is 2. The highest BCUT2D eigenvalue weighted by molar-refractivity contribution is 6.06. The third-order valence-electron chi connectivity index (χ3n) is 6.52. The number of aliphatic hydroxyl groups is 2. The van der Waals surface area contributed by atoms with Crippen molar-refractivity contribution < 1.29 is 29.4 Å². The van der Waals surface area contributed by atoms with Crippen molar-refractivity contribution in [2.24, 2.45) is 0 Å². The van der Waals surface area contributed by atoms with Crippen LogP contribution in [0.1, 0.15) is 77.0 Å². The fraction of sp³-hybridized carbons (Fsp3) is 0.833.